The van der Waals surface area contributed by atoms with Gasteiger partial charge in [0.25, 0.3) is 0 Å². The molecule has 3 nitrogen and oxygen atoms in total. The number of rotatable bonds is 3. The van der Waals surface area contributed by atoms with Crippen molar-refractivity contribution in [3.05, 3.63) is 29.3 Å². The van der Waals surface area contributed by atoms with Gasteiger partial charge < -0.3 is 10.8 Å². The van der Waals surface area contributed by atoms with Crippen LogP contribution in [0.25, 0.3) is 10.2 Å². The molecule has 0 saturated heterocycles. The third-order valence-corrected chi connectivity index (χ3v) is 5.39. The molecule has 1 aliphatic carbocycles. The summed E-state index contributed by atoms with van der Waals surface area (Å²) in [5.41, 5.74) is 6.88. The van der Waals surface area contributed by atoms with Crippen molar-refractivity contribution < 1.29 is 5.11 Å². The van der Waals surface area contributed by atoms with Gasteiger partial charge in [-0.3, -0.25) is 0 Å². The minimum absolute atomic E-state index is 0.161. The number of hydrogen-bond acceptors (Lipinski definition) is 4. The van der Waals surface area contributed by atoms with Gasteiger partial charge in [-0.2, -0.15) is 0 Å². The normalized spacial score (nSPS) is 27.8. The van der Waals surface area contributed by atoms with E-state index in [0.29, 0.717) is 6.54 Å². The molecule has 1 saturated carbocycles. The number of aliphatic hydroxyl groups is 1. The number of aromatic nitrogens is 1. The van der Waals surface area contributed by atoms with E-state index in [4.69, 9.17) is 5.73 Å². The first kappa shape index (κ1) is 13.0. The van der Waals surface area contributed by atoms with Crippen molar-refractivity contribution in [2.45, 2.75) is 38.2 Å². The highest BCUT2D eigenvalue weighted by atomic mass is 32.1. The SMILES string of the molecule is NCC1(Cc2nc3ccccc3s2)CCCCC1O. The fourth-order valence-corrected chi connectivity index (χ4v) is 4.22. The molecule has 3 rings (SSSR count). The van der Waals surface area contributed by atoms with E-state index in [-0.39, 0.29) is 11.5 Å². The fourth-order valence-electron chi connectivity index (χ4n) is 3.10. The Morgan fingerprint density at radius 2 is 2.21 bits per heavy atom. The van der Waals surface area contributed by atoms with E-state index in [0.717, 1.165) is 36.2 Å². The second-order valence-electron chi connectivity index (χ2n) is 5.58. The highest BCUT2D eigenvalue weighted by Crippen LogP contribution is 2.40. The van der Waals surface area contributed by atoms with Gasteiger partial charge in [0.15, 0.2) is 0 Å². The minimum Gasteiger partial charge on any atom is -0.392 e. The first-order chi connectivity index (χ1) is 9.23. The van der Waals surface area contributed by atoms with Crippen molar-refractivity contribution >= 4 is 21.6 Å². The van der Waals surface area contributed by atoms with E-state index in [1.807, 2.05) is 18.2 Å². The number of thiazole rings is 1. The van der Waals surface area contributed by atoms with Gasteiger partial charge in [-0.05, 0) is 25.0 Å². The Morgan fingerprint density at radius 3 is 2.95 bits per heavy atom. The van der Waals surface area contributed by atoms with Crippen LogP contribution in [0.2, 0.25) is 0 Å². The summed E-state index contributed by atoms with van der Waals surface area (Å²) in [4.78, 5) is 4.69. The fraction of sp³-hybridized carbons (Fsp3) is 0.533. The molecule has 102 valence electrons. The predicted molar refractivity (Wildman–Crippen MR) is 79.3 cm³/mol. The van der Waals surface area contributed by atoms with Crippen LogP contribution in [0.15, 0.2) is 24.3 Å². The van der Waals surface area contributed by atoms with Crippen molar-refractivity contribution in [1.29, 1.82) is 0 Å². The largest absolute Gasteiger partial charge is 0.392 e. The lowest BCUT2D eigenvalue weighted by Gasteiger charge is -2.40. The topological polar surface area (TPSA) is 59.1 Å². The molecule has 1 fully saturated rings. The Hall–Kier alpha value is -0.970. The molecule has 4 heteroatoms. The first-order valence-electron chi connectivity index (χ1n) is 6.96. The molecule has 1 aliphatic rings. The zero-order chi connectivity index (χ0) is 13.3. The number of nitrogens with two attached hydrogens (primary N) is 1. The summed E-state index contributed by atoms with van der Waals surface area (Å²) >= 11 is 1.73. The van der Waals surface area contributed by atoms with Gasteiger partial charge in [-0.1, -0.05) is 25.0 Å². The van der Waals surface area contributed by atoms with Crippen molar-refractivity contribution in [3.8, 4) is 0 Å². The molecule has 19 heavy (non-hydrogen) atoms. The molecule has 3 N–H and O–H groups in total. The lowest BCUT2D eigenvalue weighted by molar-refractivity contribution is -0.00584. The molecule has 2 unspecified atom stereocenters. The summed E-state index contributed by atoms with van der Waals surface area (Å²) in [6.07, 6.45) is 4.70. The van der Waals surface area contributed by atoms with Crippen LogP contribution in [-0.4, -0.2) is 22.7 Å². The third kappa shape index (κ3) is 2.40. The van der Waals surface area contributed by atoms with E-state index < -0.39 is 0 Å². The van der Waals surface area contributed by atoms with Crippen LogP contribution in [0.4, 0.5) is 0 Å². The molecular weight excluding hydrogens is 256 g/mol. The Kier molecular flexibility index (Phi) is 3.56. The maximum absolute atomic E-state index is 10.4. The number of aliphatic hydroxyl groups excluding tert-OH is 1. The number of hydrogen-bond donors (Lipinski definition) is 2. The maximum atomic E-state index is 10.4. The molecule has 1 aromatic heterocycles. The van der Waals surface area contributed by atoms with Gasteiger partial charge in [-0.25, -0.2) is 4.98 Å². The van der Waals surface area contributed by atoms with Gasteiger partial charge in [0.2, 0.25) is 0 Å². The molecule has 0 bridgehead atoms. The maximum Gasteiger partial charge on any atom is 0.0945 e. The summed E-state index contributed by atoms with van der Waals surface area (Å²) in [6, 6.07) is 8.20. The molecule has 0 radical (unpaired) electrons. The smallest absolute Gasteiger partial charge is 0.0945 e. The quantitative estimate of drug-likeness (QED) is 0.906. The van der Waals surface area contributed by atoms with Crippen LogP contribution in [-0.2, 0) is 6.42 Å². The number of fused-ring (bicyclic) bond motifs is 1. The summed E-state index contributed by atoms with van der Waals surface area (Å²) in [5.74, 6) is 0. The number of nitrogens with zero attached hydrogens (tertiary/aromatic N) is 1. The monoisotopic (exact) mass is 276 g/mol. The van der Waals surface area contributed by atoms with Crippen LogP contribution < -0.4 is 5.73 Å². The van der Waals surface area contributed by atoms with Crippen LogP contribution >= 0.6 is 11.3 Å². The molecule has 1 heterocycles. The Labute approximate surface area is 117 Å². The summed E-state index contributed by atoms with van der Waals surface area (Å²) in [6.45, 7) is 0.546. The second-order valence-corrected chi connectivity index (χ2v) is 6.70. The minimum atomic E-state index is -0.279. The zero-order valence-corrected chi connectivity index (χ0v) is 11.8. The van der Waals surface area contributed by atoms with Gasteiger partial charge >= 0.3 is 0 Å². The number of para-hydroxylation sites is 1. The summed E-state index contributed by atoms with van der Waals surface area (Å²) < 4.78 is 1.22. The molecule has 0 aliphatic heterocycles. The third-order valence-electron chi connectivity index (χ3n) is 4.36. The zero-order valence-electron chi connectivity index (χ0n) is 11.0. The van der Waals surface area contributed by atoms with Gasteiger partial charge in [-0.15, -0.1) is 11.3 Å². The van der Waals surface area contributed by atoms with E-state index in [2.05, 4.69) is 11.1 Å². The van der Waals surface area contributed by atoms with E-state index >= 15 is 0 Å². The molecular formula is C15H20N2OS. The molecule has 0 amide bonds. The molecule has 1 aromatic carbocycles. The highest BCUT2D eigenvalue weighted by molar-refractivity contribution is 7.18. The Balaban J connectivity index is 1.89. The van der Waals surface area contributed by atoms with Crippen molar-refractivity contribution in [1.82, 2.24) is 4.98 Å². The average Bonchev–Trinajstić information content (AvgIpc) is 2.83. The van der Waals surface area contributed by atoms with Crippen LogP contribution in [0.3, 0.4) is 0 Å². The Bertz CT molecular complexity index is 535. The van der Waals surface area contributed by atoms with Crippen molar-refractivity contribution in [2.24, 2.45) is 11.1 Å². The van der Waals surface area contributed by atoms with E-state index in [1.165, 1.54) is 11.1 Å². The Morgan fingerprint density at radius 1 is 1.37 bits per heavy atom. The van der Waals surface area contributed by atoms with E-state index in [1.54, 1.807) is 11.3 Å². The lowest BCUT2D eigenvalue weighted by atomic mass is 9.70. The van der Waals surface area contributed by atoms with Crippen molar-refractivity contribution in [3.63, 3.8) is 0 Å². The summed E-state index contributed by atoms with van der Waals surface area (Å²) in [5, 5.41) is 11.5. The van der Waals surface area contributed by atoms with Gasteiger partial charge in [0, 0.05) is 18.4 Å². The standard InChI is InChI=1S/C15H20N2OS/c16-10-15(8-4-3-7-13(15)18)9-14-17-11-5-1-2-6-12(11)19-14/h1-2,5-6,13,18H,3-4,7-10,16H2. The summed E-state index contributed by atoms with van der Waals surface area (Å²) in [7, 11) is 0. The lowest BCUT2D eigenvalue weighted by Crippen LogP contribution is -2.45. The molecule has 2 atom stereocenters. The highest BCUT2D eigenvalue weighted by Gasteiger charge is 2.39. The molecule has 2 aromatic rings. The molecule has 0 spiro atoms. The predicted octanol–water partition coefficient (Wildman–Crippen LogP) is 2.72. The number of benzene rings is 1. The van der Waals surface area contributed by atoms with Gasteiger partial charge in [0.1, 0.15) is 0 Å². The van der Waals surface area contributed by atoms with Crippen molar-refractivity contribution in [2.75, 3.05) is 6.54 Å². The van der Waals surface area contributed by atoms with Gasteiger partial charge in [0.05, 0.1) is 21.3 Å². The van der Waals surface area contributed by atoms with Crippen LogP contribution in [0.1, 0.15) is 30.7 Å². The van der Waals surface area contributed by atoms with Crippen LogP contribution in [0, 0.1) is 5.41 Å². The average molecular weight is 276 g/mol. The van der Waals surface area contributed by atoms with Crippen LogP contribution in [0.5, 0.6) is 0 Å². The second kappa shape index (κ2) is 5.19. The van der Waals surface area contributed by atoms with E-state index in [9.17, 15) is 5.11 Å². The first-order valence-corrected chi connectivity index (χ1v) is 7.78.